The van der Waals surface area contributed by atoms with Gasteiger partial charge in [0.15, 0.2) is 0 Å². The number of hydrogen-bond acceptors (Lipinski definition) is 3. The van der Waals surface area contributed by atoms with E-state index < -0.39 is 34.3 Å². The normalized spacial score (nSPS) is 12.4. The van der Waals surface area contributed by atoms with Gasteiger partial charge in [-0.15, -0.1) is 13.2 Å². The van der Waals surface area contributed by atoms with Crippen LogP contribution in [0, 0.1) is 0 Å². The third kappa shape index (κ3) is 5.50. The summed E-state index contributed by atoms with van der Waals surface area (Å²) in [5, 5.41) is 0. The van der Waals surface area contributed by atoms with E-state index in [0.29, 0.717) is 5.69 Å². The van der Waals surface area contributed by atoms with Crippen molar-refractivity contribution in [1.82, 2.24) is 0 Å². The fourth-order valence-electron chi connectivity index (χ4n) is 1.19. The molecule has 0 saturated heterocycles. The van der Waals surface area contributed by atoms with Crippen molar-refractivity contribution in [2.45, 2.75) is 16.8 Å². The van der Waals surface area contributed by atoms with Gasteiger partial charge >= 0.3 is 11.9 Å². The molecule has 0 atom stereocenters. The number of halogens is 6. The van der Waals surface area contributed by atoms with Crippen LogP contribution in [0.2, 0.25) is 0 Å². The molecule has 0 unspecified atom stereocenters. The molecule has 1 aromatic rings. The van der Waals surface area contributed by atoms with Gasteiger partial charge < -0.3 is 9.64 Å². The highest BCUT2D eigenvalue weighted by Gasteiger charge is 2.35. The number of alkyl halides is 6. The lowest BCUT2D eigenvalue weighted by Crippen LogP contribution is -2.18. The van der Waals surface area contributed by atoms with Gasteiger partial charge in [0.1, 0.15) is 5.75 Å². The van der Waals surface area contributed by atoms with Crippen molar-refractivity contribution in [2.24, 2.45) is 0 Å². The van der Waals surface area contributed by atoms with Gasteiger partial charge in [-0.05, 0) is 30.0 Å². The molecule has 1 rings (SSSR count). The molecule has 9 heteroatoms. The zero-order valence-corrected chi connectivity index (χ0v) is 10.6. The van der Waals surface area contributed by atoms with E-state index in [1.165, 1.54) is 11.0 Å². The zero-order valence-electron chi connectivity index (χ0n) is 9.76. The van der Waals surface area contributed by atoms with Crippen LogP contribution in [0.25, 0.3) is 0 Å². The topological polar surface area (TPSA) is 12.5 Å². The molecule has 0 spiro atoms. The Morgan fingerprint density at radius 3 is 2.05 bits per heavy atom. The molecule has 0 fully saturated rings. The predicted octanol–water partition coefficient (Wildman–Crippen LogP) is 4.26. The van der Waals surface area contributed by atoms with Crippen LogP contribution < -0.4 is 9.64 Å². The number of nitrogens with zero attached hydrogens (tertiary/aromatic N) is 1. The molecule has 19 heavy (non-hydrogen) atoms. The first-order chi connectivity index (χ1) is 8.48. The molecular formula is C10H9F6NOS. The molecule has 0 radical (unpaired) electrons. The third-order valence-corrected chi connectivity index (χ3v) is 2.67. The highest BCUT2D eigenvalue weighted by atomic mass is 32.2. The van der Waals surface area contributed by atoms with Crippen LogP contribution in [0.3, 0.4) is 0 Å². The first kappa shape index (κ1) is 15.8. The SMILES string of the molecule is CN(C)c1ccc(OC(F)(F)F)c(SC(F)(F)F)c1. The maximum absolute atomic E-state index is 12.3. The van der Waals surface area contributed by atoms with E-state index in [0.717, 1.165) is 12.1 Å². The lowest BCUT2D eigenvalue weighted by Gasteiger charge is -2.18. The molecular weight excluding hydrogens is 296 g/mol. The highest BCUT2D eigenvalue weighted by molar-refractivity contribution is 8.00. The Hall–Kier alpha value is -1.25. The average Bonchev–Trinajstić information content (AvgIpc) is 2.15. The van der Waals surface area contributed by atoms with E-state index in [1.807, 2.05) is 0 Å². The molecule has 0 heterocycles. The van der Waals surface area contributed by atoms with E-state index in [9.17, 15) is 26.3 Å². The van der Waals surface area contributed by atoms with Crippen molar-refractivity contribution in [3.63, 3.8) is 0 Å². The number of hydrogen-bond donors (Lipinski definition) is 0. The van der Waals surface area contributed by atoms with Gasteiger partial charge in [-0.3, -0.25) is 0 Å². The minimum Gasteiger partial charge on any atom is -0.405 e. The molecule has 0 amide bonds. The van der Waals surface area contributed by atoms with E-state index in [4.69, 9.17) is 0 Å². The third-order valence-electron chi connectivity index (χ3n) is 1.90. The summed E-state index contributed by atoms with van der Waals surface area (Å²) in [6.07, 6.45) is -5.04. The van der Waals surface area contributed by atoms with Gasteiger partial charge in [-0.1, -0.05) is 0 Å². The van der Waals surface area contributed by atoms with Gasteiger partial charge in [0.2, 0.25) is 0 Å². The monoisotopic (exact) mass is 305 g/mol. The molecule has 0 aliphatic carbocycles. The number of anilines is 1. The van der Waals surface area contributed by atoms with Gasteiger partial charge in [-0.25, -0.2) is 0 Å². The van der Waals surface area contributed by atoms with Crippen LogP contribution in [0.5, 0.6) is 5.75 Å². The first-order valence-corrected chi connectivity index (χ1v) is 5.62. The van der Waals surface area contributed by atoms with Crippen LogP contribution in [0.4, 0.5) is 32.0 Å². The summed E-state index contributed by atoms with van der Waals surface area (Å²) in [6.45, 7) is 0. The molecule has 0 saturated carbocycles. The van der Waals surface area contributed by atoms with Gasteiger partial charge in [-0.2, -0.15) is 13.2 Å². The predicted molar refractivity (Wildman–Crippen MR) is 59.4 cm³/mol. The molecule has 0 aromatic heterocycles. The lowest BCUT2D eigenvalue weighted by atomic mass is 10.3. The molecule has 1 aromatic carbocycles. The first-order valence-electron chi connectivity index (χ1n) is 4.81. The van der Waals surface area contributed by atoms with Crippen LogP contribution in [0.15, 0.2) is 23.1 Å². The Morgan fingerprint density at radius 2 is 1.63 bits per heavy atom. The summed E-state index contributed by atoms with van der Waals surface area (Å²) in [7, 11) is 3.11. The summed E-state index contributed by atoms with van der Waals surface area (Å²) >= 11 is -0.652. The molecule has 2 nitrogen and oxygen atoms in total. The Kier molecular flexibility index (Phi) is 4.49. The van der Waals surface area contributed by atoms with Gasteiger partial charge in [0.25, 0.3) is 0 Å². The number of benzene rings is 1. The largest absolute Gasteiger partial charge is 0.573 e. The van der Waals surface area contributed by atoms with Crippen molar-refractivity contribution in [1.29, 1.82) is 0 Å². The fraction of sp³-hybridized carbons (Fsp3) is 0.400. The van der Waals surface area contributed by atoms with Crippen LogP contribution in [-0.2, 0) is 0 Å². The minimum absolute atomic E-state index is 0.335. The fourth-order valence-corrected chi connectivity index (χ4v) is 1.83. The molecule has 0 aliphatic heterocycles. The minimum atomic E-state index is -5.04. The van der Waals surface area contributed by atoms with Crippen molar-refractivity contribution < 1.29 is 31.1 Å². The molecule has 108 valence electrons. The van der Waals surface area contributed by atoms with E-state index in [1.54, 1.807) is 14.1 Å². The highest BCUT2D eigenvalue weighted by Crippen LogP contribution is 2.44. The average molecular weight is 305 g/mol. The molecule has 0 N–H and O–H groups in total. The summed E-state index contributed by atoms with van der Waals surface area (Å²) in [5.41, 5.74) is -4.37. The molecule has 0 bridgehead atoms. The Labute approximate surface area is 109 Å². The van der Waals surface area contributed by atoms with Crippen LogP contribution >= 0.6 is 11.8 Å². The zero-order chi connectivity index (χ0) is 14.8. The van der Waals surface area contributed by atoms with Crippen LogP contribution in [0.1, 0.15) is 0 Å². The van der Waals surface area contributed by atoms with E-state index in [-0.39, 0.29) is 0 Å². The summed E-state index contributed by atoms with van der Waals surface area (Å²) in [5.74, 6) is -0.875. The summed E-state index contributed by atoms with van der Waals surface area (Å²) < 4.78 is 76.7. The summed E-state index contributed by atoms with van der Waals surface area (Å²) in [4.78, 5) is 0.827. The Bertz CT molecular complexity index is 443. The Morgan fingerprint density at radius 1 is 1.05 bits per heavy atom. The van der Waals surface area contributed by atoms with Crippen molar-refractivity contribution >= 4 is 17.4 Å². The lowest BCUT2D eigenvalue weighted by molar-refractivity contribution is -0.275. The second-order valence-corrected chi connectivity index (χ2v) is 4.73. The van der Waals surface area contributed by atoms with E-state index >= 15 is 0 Å². The van der Waals surface area contributed by atoms with Gasteiger partial charge in [0, 0.05) is 19.8 Å². The summed E-state index contributed by atoms with van der Waals surface area (Å²) in [6, 6.07) is 3.08. The quantitative estimate of drug-likeness (QED) is 0.611. The number of ether oxygens (including phenoxy) is 1. The standard InChI is InChI=1S/C10H9F6NOS/c1-17(2)6-3-4-7(18-9(11,12)13)8(5-6)19-10(14,15)16/h3-5H,1-2H3. The smallest absolute Gasteiger partial charge is 0.405 e. The second-order valence-electron chi connectivity index (χ2n) is 3.62. The molecule has 0 aliphatic rings. The maximum Gasteiger partial charge on any atom is 0.573 e. The Balaban J connectivity index is 3.15. The second kappa shape index (κ2) is 5.40. The van der Waals surface area contributed by atoms with Crippen molar-refractivity contribution in [3.8, 4) is 5.75 Å². The van der Waals surface area contributed by atoms with Crippen molar-refractivity contribution in [3.05, 3.63) is 18.2 Å². The number of rotatable bonds is 3. The number of thioether (sulfide) groups is 1. The van der Waals surface area contributed by atoms with Crippen molar-refractivity contribution in [2.75, 3.05) is 19.0 Å². The maximum atomic E-state index is 12.3. The van der Waals surface area contributed by atoms with E-state index in [2.05, 4.69) is 4.74 Å². The van der Waals surface area contributed by atoms with Gasteiger partial charge in [0.05, 0.1) is 4.90 Å². The van der Waals surface area contributed by atoms with Crippen LogP contribution in [-0.4, -0.2) is 26.0 Å².